The smallest absolute Gasteiger partial charge is 0.305 e. The minimum absolute atomic E-state index is 0.147. The van der Waals surface area contributed by atoms with E-state index >= 15 is 0 Å². The first kappa shape index (κ1) is 16.0. The average molecular weight is 374 g/mol. The number of para-hydroxylation sites is 1. The lowest BCUT2D eigenvalue weighted by Gasteiger charge is -2.08. The van der Waals surface area contributed by atoms with Crippen molar-refractivity contribution in [2.45, 2.75) is 26.2 Å². The van der Waals surface area contributed by atoms with E-state index in [1.54, 1.807) is 0 Å². The summed E-state index contributed by atoms with van der Waals surface area (Å²) in [7, 11) is 0. The van der Waals surface area contributed by atoms with Crippen molar-refractivity contribution in [3.05, 3.63) is 33.9 Å². The van der Waals surface area contributed by atoms with E-state index in [-0.39, 0.29) is 5.97 Å². The normalized spacial score (nSPS) is 10.6. The zero-order valence-electron chi connectivity index (χ0n) is 11.1. The molecular weight excluding hydrogens is 355 g/mol. The van der Waals surface area contributed by atoms with E-state index in [1.165, 1.54) is 0 Å². The summed E-state index contributed by atoms with van der Waals surface area (Å²) in [5.41, 5.74) is 1.05. The van der Waals surface area contributed by atoms with E-state index in [1.807, 2.05) is 41.3 Å². The van der Waals surface area contributed by atoms with Gasteiger partial charge in [-0.3, -0.25) is 4.79 Å². The van der Waals surface area contributed by atoms with Gasteiger partial charge >= 0.3 is 5.97 Å². The van der Waals surface area contributed by atoms with Crippen LogP contribution in [0.25, 0.3) is 6.08 Å². The van der Waals surface area contributed by atoms with Crippen LogP contribution in [0.2, 0.25) is 0 Å². The van der Waals surface area contributed by atoms with Crippen LogP contribution in [0.1, 0.15) is 31.7 Å². The Kier molecular flexibility index (Phi) is 8.29. The minimum Gasteiger partial charge on any atom is -0.493 e. The van der Waals surface area contributed by atoms with E-state index in [2.05, 4.69) is 22.6 Å². The van der Waals surface area contributed by atoms with Crippen LogP contribution in [0.5, 0.6) is 5.75 Å². The van der Waals surface area contributed by atoms with Crippen molar-refractivity contribution in [3.8, 4) is 5.75 Å². The maximum absolute atomic E-state index is 11.3. The van der Waals surface area contributed by atoms with E-state index in [9.17, 15) is 4.79 Å². The van der Waals surface area contributed by atoms with Gasteiger partial charge in [-0.05, 0) is 29.1 Å². The van der Waals surface area contributed by atoms with Gasteiger partial charge in [0.1, 0.15) is 5.75 Å². The molecule has 4 heteroatoms. The molecule has 0 fully saturated rings. The Morgan fingerprint density at radius 1 is 1.32 bits per heavy atom. The van der Waals surface area contributed by atoms with E-state index in [0.29, 0.717) is 26.1 Å². The van der Waals surface area contributed by atoms with Gasteiger partial charge in [-0.15, -0.1) is 0 Å². The van der Waals surface area contributed by atoms with Gasteiger partial charge < -0.3 is 9.47 Å². The van der Waals surface area contributed by atoms with Crippen LogP contribution in [0.15, 0.2) is 28.3 Å². The highest BCUT2D eigenvalue weighted by molar-refractivity contribution is 14.1. The first-order valence-electron chi connectivity index (χ1n) is 6.42. The summed E-state index contributed by atoms with van der Waals surface area (Å²) in [5.74, 6) is 0.697. The Balaban J connectivity index is 2.31. The Hall–Kier alpha value is -1.04. The number of hydrogen-bond acceptors (Lipinski definition) is 3. The molecule has 0 bridgehead atoms. The molecule has 3 nitrogen and oxygen atoms in total. The molecule has 0 spiro atoms. The highest BCUT2D eigenvalue weighted by Gasteiger charge is 2.03. The second kappa shape index (κ2) is 9.83. The van der Waals surface area contributed by atoms with Crippen molar-refractivity contribution in [1.29, 1.82) is 0 Å². The monoisotopic (exact) mass is 374 g/mol. The molecule has 0 saturated heterocycles. The Labute approximate surface area is 128 Å². The third kappa shape index (κ3) is 6.61. The fourth-order valence-corrected chi connectivity index (χ4v) is 1.89. The lowest BCUT2D eigenvalue weighted by molar-refractivity contribution is -0.143. The summed E-state index contributed by atoms with van der Waals surface area (Å²) in [4.78, 5) is 11.3. The molecule has 0 aliphatic heterocycles. The maximum Gasteiger partial charge on any atom is 0.305 e. The molecule has 0 amide bonds. The number of carbonyl (C=O) groups excluding carboxylic acids is 1. The SMILES string of the molecule is CCCOC(=O)CCCOc1ccccc1C=CI. The molecule has 1 rings (SSSR count). The predicted octanol–water partition coefficient (Wildman–Crippen LogP) is 4.20. The molecule has 0 aliphatic carbocycles. The van der Waals surface area contributed by atoms with Crippen molar-refractivity contribution >= 4 is 34.6 Å². The molecule has 0 heterocycles. The minimum atomic E-state index is -0.147. The lowest BCUT2D eigenvalue weighted by atomic mass is 10.2. The van der Waals surface area contributed by atoms with Gasteiger partial charge in [-0.2, -0.15) is 0 Å². The molecule has 19 heavy (non-hydrogen) atoms. The summed E-state index contributed by atoms with van der Waals surface area (Å²) in [5, 5.41) is 0. The molecule has 1 aromatic rings. The quantitative estimate of drug-likeness (QED) is 0.389. The van der Waals surface area contributed by atoms with Crippen molar-refractivity contribution < 1.29 is 14.3 Å². The van der Waals surface area contributed by atoms with Crippen LogP contribution < -0.4 is 4.74 Å². The molecule has 0 saturated carbocycles. The Morgan fingerprint density at radius 3 is 2.84 bits per heavy atom. The molecule has 0 radical (unpaired) electrons. The first-order chi connectivity index (χ1) is 9.27. The highest BCUT2D eigenvalue weighted by Crippen LogP contribution is 2.20. The van der Waals surface area contributed by atoms with Gasteiger partial charge in [0.15, 0.2) is 0 Å². The zero-order chi connectivity index (χ0) is 13.9. The van der Waals surface area contributed by atoms with Gasteiger partial charge in [0, 0.05) is 12.0 Å². The number of carbonyl (C=O) groups is 1. The summed E-state index contributed by atoms with van der Waals surface area (Å²) in [6, 6.07) is 7.84. The standard InChI is InChI=1S/C15H19IO3/c1-2-11-19-15(17)8-5-12-18-14-7-4-3-6-13(14)9-10-16/h3-4,6-7,9-10H,2,5,8,11-12H2,1H3. The van der Waals surface area contributed by atoms with Gasteiger partial charge in [0.25, 0.3) is 0 Å². The largest absolute Gasteiger partial charge is 0.493 e. The van der Waals surface area contributed by atoms with Gasteiger partial charge in [0.2, 0.25) is 0 Å². The fourth-order valence-electron chi connectivity index (χ4n) is 1.50. The summed E-state index contributed by atoms with van der Waals surface area (Å²) in [6.45, 7) is 3.00. The van der Waals surface area contributed by atoms with Crippen molar-refractivity contribution in [3.63, 3.8) is 0 Å². The predicted molar refractivity (Wildman–Crippen MR) is 85.5 cm³/mol. The molecule has 0 atom stereocenters. The van der Waals surface area contributed by atoms with Crippen molar-refractivity contribution in [1.82, 2.24) is 0 Å². The van der Waals surface area contributed by atoms with Crippen LogP contribution in [0, 0.1) is 0 Å². The number of rotatable bonds is 8. The number of ether oxygens (including phenoxy) is 2. The van der Waals surface area contributed by atoms with E-state index in [0.717, 1.165) is 17.7 Å². The average Bonchev–Trinajstić information content (AvgIpc) is 2.43. The Bertz CT molecular complexity index is 416. The molecular formula is C15H19IO3. The summed E-state index contributed by atoms with van der Waals surface area (Å²) < 4.78 is 12.6. The van der Waals surface area contributed by atoms with E-state index < -0.39 is 0 Å². The molecule has 1 aromatic carbocycles. The first-order valence-corrected chi connectivity index (χ1v) is 7.66. The molecule has 0 unspecified atom stereocenters. The third-order valence-corrected chi connectivity index (χ3v) is 2.77. The zero-order valence-corrected chi connectivity index (χ0v) is 13.3. The third-order valence-electron chi connectivity index (χ3n) is 2.41. The van der Waals surface area contributed by atoms with Crippen molar-refractivity contribution in [2.24, 2.45) is 0 Å². The highest BCUT2D eigenvalue weighted by atomic mass is 127. The second-order valence-electron chi connectivity index (χ2n) is 4.00. The van der Waals surface area contributed by atoms with Crippen molar-refractivity contribution in [2.75, 3.05) is 13.2 Å². The second-order valence-corrected chi connectivity index (χ2v) is 4.72. The maximum atomic E-state index is 11.3. The Morgan fingerprint density at radius 2 is 2.11 bits per heavy atom. The van der Waals surface area contributed by atoms with Crippen LogP contribution in [0.4, 0.5) is 0 Å². The number of benzene rings is 1. The fraction of sp³-hybridized carbons (Fsp3) is 0.400. The van der Waals surface area contributed by atoms with Gasteiger partial charge in [-0.1, -0.05) is 47.7 Å². The summed E-state index contributed by atoms with van der Waals surface area (Å²) in [6.07, 6.45) is 3.93. The van der Waals surface area contributed by atoms with Gasteiger partial charge in [-0.25, -0.2) is 0 Å². The topological polar surface area (TPSA) is 35.5 Å². The molecule has 104 valence electrons. The number of halogens is 1. The number of esters is 1. The van der Waals surface area contributed by atoms with Crippen LogP contribution in [-0.4, -0.2) is 19.2 Å². The van der Waals surface area contributed by atoms with Crippen LogP contribution in [-0.2, 0) is 9.53 Å². The molecule has 0 N–H and O–H groups in total. The van der Waals surface area contributed by atoms with Crippen LogP contribution in [0.3, 0.4) is 0 Å². The number of hydrogen-bond donors (Lipinski definition) is 0. The van der Waals surface area contributed by atoms with Gasteiger partial charge in [0.05, 0.1) is 13.2 Å². The lowest BCUT2D eigenvalue weighted by Crippen LogP contribution is -2.07. The molecule has 0 aliphatic rings. The van der Waals surface area contributed by atoms with E-state index in [4.69, 9.17) is 9.47 Å². The summed E-state index contributed by atoms with van der Waals surface area (Å²) >= 11 is 2.18. The molecule has 0 aromatic heterocycles. The van der Waals surface area contributed by atoms with Crippen LogP contribution >= 0.6 is 22.6 Å².